The number of carbonyl (C=O) groups is 1. The van der Waals surface area contributed by atoms with Crippen molar-refractivity contribution in [1.29, 1.82) is 0 Å². The van der Waals surface area contributed by atoms with Crippen molar-refractivity contribution < 1.29 is 4.79 Å². The van der Waals surface area contributed by atoms with Gasteiger partial charge >= 0.3 is 0 Å². The predicted octanol–water partition coefficient (Wildman–Crippen LogP) is 3.06. The van der Waals surface area contributed by atoms with E-state index in [1.165, 1.54) is 10.4 Å². The Morgan fingerprint density at radius 3 is 2.65 bits per heavy atom. The third kappa shape index (κ3) is 4.25. The Morgan fingerprint density at radius 2 is 2.00 bits per heavy atom. The number of rotatable bonds is 7. The minimum Gasteiger partial charge on any atom is -0.299 e. The summed E-state index contributed by atoms with van der Waals surface area (Å²) in [4.78, 5) is 20.4. The van der Waals surface area contributed by atoms with E-state index < -0.39 is 0 Å². The summed E-state index contributed by atoms with van der Waals surface area (Å²) in [7, 11) is 1.99. The van der Waals surface area contributed by atoms with Gasteiger partial charge < -0.3 is 0 Å². The van der Waals surface area contributed by atoms with Gasteiger partial charge in [0, 0.05) is 23.8 Å². The first-order valence-corrected chi connectivity index (χ1v) is 7.70. The summed E-state index contributed by atoms with van der Waals surface area (Å²) in [6, 6.07) is 8.03. The van der Waals surface area contributed by atoms with Crippen LogP contribution in [0.25, 0.3) is 0 Å². The second-order valence-electron chi connectivity index (χ2n) is 4.89. The van der Waals surface area contributed by atoms with Crippen LogP contribution in [0.2, 0.25) is 0 Å². The number of aromatic nitrogens is 1. The predicted molar refractivity (Wildman–Crippen MR) is 83.5 cm³/mol. The molecule has 3 nitrogen and oxygen atoms in total. The summed E-state index contributed by atoms with van der Waals surface area (Å²) in [6.07, 6.45) is 5.55. The molecule has 0 saturated heterocycles. The molecular weight excluding hydrogens is 268 g/mol. The van der Waals surface area contributed by atoms with Crippen LogP contribution in [0, 0.1) is 0 Å². The number of carbonyl (C=O) groups excluding carboxylic acids is 1. The number of pyridine rings is 1. The third-order valence-electron chi connectivity index (χ3n) is 3.23. The van der Waals surface area contributed by atoms with E-state index in [1.54, 1.807) is 23.7 Å². The molecule has 0 aliphatic carbocycles. The number of ketones is 1. The third-order valence-corrected chi connectivity index (χ3v) is 4.50. The smallest absolute Gasteiger partial charge is 0.186 e. The van der Waals surface area contributed by atoms with Gasteiger partial charge in [-0.2, -0.15) is 0 Å². The van der Waals surface area contributed by atoms with Gasteiger partial charge in [0.25, 0.3) is 0 Å². The Kier molecular flexibility index (Phi) is 5.44. The lowest BCUT2D eigenvalue weighted by atomic mass is 10.2. The molecule has 0 unspecified atom stereocenters. The van der Waals surface area contributed by atoms with Crippen LogP contribution in [-0.2, 0) is 12.8 Å². The van der Waals surface area contributed by atoms with Crippen molar-refractivity contribution in [2.24, 2.45) is 0 Å². The first-order valence-electron chi connectivity index (χ1n) is 6.88. The molecule has 0 aliphatic heterocycles. The van der Waals surface area contributed by atoms with Gasteiger partial charge in [0.05, 0.1) is 11.4 Å². The summed E-state index contributed by atoms with van der Waals surface area (Å²) in [5.74, 6) is 0.215. The SMILES string of the molecule is CCc1ccc(C(=O)CN(C)CCc2ccncc2)s1. The van der Waals surface area contributed by atoms with Gasteiger partial charge in [-0.1, -0.05) is 6.92 Å². The van der Waals surface area contributed by atoms with E-state index in [0.29, 0.717) is 6.54 Å². The number of aryl methyl sites for hydroxylation is 1. The number of Topliss-reactive ketones (excluding diaryl/α,β-unsaturated/α-hetero) is 1. The monoisotopic (exact) mass is 288 g/mol. The van der Waals surface area contributed by atoms with Crippen molar-refractivity contribution in [3.8, 4) is 0 Å². The maximum atomic E-state index is 12.2. The van der Waals surface area contributed by atoms with E-state index in [1.807, 2.05) is 25.2 Å². The molecule has 20 heavy (non-hydrogen) atoms. The van der Waals surface area contributed by atoms with E-state index >= 15 is 0 Å². The molecule has 2 aromatic rings. The van der Waals surface area contributed by atoms with Crippen molar-refractivity contribution in [2.45, 2.75) is 19.8 Å². The van der Waals surface area contributed by atoms with Crippen LogP contribution in [0.15, 0.2) is 36.7 Å². The van der Waals surface area contributed by atoms with Crippen molar-refractivity contribution in [2.75, 3.05) is 20.1 Å². The molecular formula is C16H20N2OS. The van der Waals surface area contributed by atoms with Crippen molar-refractivity contribution >= 4 is 17.1 Å². The minimum atomic E-state index is 0.215. The lowest BCUT2D eigenvalue weighted by Gasteiger charge is -2.15. The van der Waals surface area contributed by atoms with E-state index in [9.17, 15) is 4.79 Å². The molecule has 0 saturated carbocycles. The fourth-order valence-corrected chi connectivity index (χ4v) is 2.87. The maximum Gasteiger partial charge on any atom is 0.186 e. The topological polar surface area (TPSA) is 33.2 Å². The second kappa shape index (κ2) is 7.31. The Balaban J connectivity index is 1.82. The molecule has 0 amide bonds. The van der Waals surface area contributed by atoms with Gasteiger partial charge in [-0.25, -0.2) is 0 Å². The number of likely N-dealkylation sites (N-methyl/N-ethyl adjacent to an activating group) is 1. The highest BCUT2D eigenvalue weighted by Gasteiger charge is 2.11. The molecule has 0 spiro atoms. The van der Waals surface area contributed by atoms with Crippen molar-refractivity contribution in [3.05, 3.63) is 52.0 Å². The van der Waals surface area contributed by atoms with Gasteiger partial charge in [-0.05, 0) is 49.7 Å². The molecule has 0 bridgehead atoms. The molecule has 0 radical (unpaired) electrons. The average Bonchev–Trinajstić information content (AvgIpc) is 2.95. The van der Waals surface area contributed by atoms with Crippen LogP contribution in [0.5, 0.6) is 0 Å². The molecule has 0 fully saturated rings. The normalized spacial score (nSPS) is 10.9. The summed E-state index contributed by atoms with van der Waals surface area (Å²) in [5.41, 5.74) is 1.25. The fourth-order valence-electron chi connectivity index (χ4n) is 1.99. The maximum absolute atomic E-state index is 12.2. The van der Waals surface area contributed by atoms with E-state index in [-0.39, 0.29) is 5.78 Å². The van der Waals surface area contributed by atoms with E-state index in [4.69, 9.17) is 0 Å². The van der Waals surface area contributed by atoms with E-state index in [0.717, 1.165) is 24.3 Å². The van der Waals surface area contributed by atoms with Crippen LogP contribution in [0.3, 0.4) is 0 Å². The zero-order chi connectivity index (χ0) is 14.4. The van der Waals surface area contributed by atoms with Crippen LogP contribution < -0.4 is 0 Å². The fraction of sp³-hybridized carbons (Fsp3) is 0.375. The lowest BCUT2D eigenvalue weighted by Crippen LogP contribution is -2.27. The molecule has 0 N–H and O–H groups in total. The van der Waals surface area contributed by atoms with E-state index in [2.05, 4.69) is 22.9 Å². The first-order chi connectivity index (χ1) is 9.69. The van der Waals surface area contributed by atoms with Gasteiger partial charge in [-0.15, -0.1) is 11.3 Å². The Labute approximate surface area is 124 Å². The first kappa shape index (κ1) is 14.9. The Morgan fingerprint density at radius 1 is 1.25 bits per heavy atom. The molecule has 2 rings (SSSR count). The minimum absolute atomic E-state index is 0.215. The quantitative estimate of drug-likeness (QED) is 0.734. The average molecular weight is 288 g/mol. The molecule has 4 heteroatoms. The zero-order valence-electron chi connectivity index (χ0n) is 12.0. The van der Waals surface area contributed by atoms with Crippen LogP contribution in [-0.4, -0.2) is 35.8 Å². The summed E-state index contributed by atoms with van der Waals surface area (Å²) < 4.78 is 0. The van der Waals surface area contributed by atoms with Gasteiger partial charge in [0.2, 0.25) is 0 Å². The summed E-state index contributed by atoms with van der Waals surface area (Å²) in [5, 5.41) is 0. The number of nitrogens with zero attached hydrogens (tertiary/aromatic N) is 2. The van der Waals surface area contributed by atoms with Gasteiger partial charge in [0.15, 0.2) is 5.78 Å². The standard InChI is InChI=1S/C16H20N2OS/c1-3-14-4-5-16(20-14)15(19)12-18(2)11-8-13-6-9-17-10-7-13/h4-7,9-10H,3,8,11-12H2,1-2H3. The summed E-state index contributed by atoms with van der Waals surface area (Å²) >= 11 is 1.61. The number of hydrogen-bond acceptors (Lipinski definition) is 4. The van der Waals surface area contributed by atoms with Crippen LogP contribution >= 0.6 is 11.3 Å². The highest BCUT2D eigenvalue weighted by molar-refractivity contribution is 7.14. The van der Waals surface area contributed by atoms with Crippen LogP contribution in [0.4, 0.5) is 0 Å². The summed E-state index contributed by atoms with van der Waals surface area (Å²) in [6.45, 7) is 3.47. The molecule has 2 aromatic heterocycles. The number of hydrogen-bond donors (Lipinski definition) is 0. The zero-order valence-corrected chi connectivity index (χ0v) is 12.8. The van der Waals surface area contributed by atoms with Gasteiger partial charge in [0.1, 0.15) is 0 Å². The second-order valence-corrected chi connectivity index (χ2v) is 6.05. The number of thiophene rings is 1. The Bertz CT molecular complexity index is 551. The largest absolute Gasteiger partial charge is 0.299 e. The van der Waals surface area contributed by atoms with Crippen molar-refractivity contribution in [3.63, 3.8) is 0 Å². The molecule has 0 aliphatic rings. The highest BCUT2D eigenvalue weighted by atomic mass is 32.1. The Hall–Kier alpha value is -1.52. The lowest BCUT2D eigenvalue weighted by molar-refractivity contribution is 0.0951. The molecule has 106 valence electrons. The molecule has 2 heterocycles. The molecule has 0 atom stereocenters. The van der Waals surface area contributed by atoms with Crippen LogP contribution in [0.1, 0.15) is 27.0 Å². The highest BCUT2D eigenvalue weighted by Crippen LogP contribution is 2.17. The van der Waals surface area contributed by atoms with Gasteiger partial charge in [-0.3, -0.25) is 14.7 Å². The molecule has 0 aromatic carbocycles. The van der Waals surface area contributed by atoms with Crippen molar-refractivity contribution in [1.82, 2.24) is 9.88 Å².